The maximum Gasteiger partial charge on any atom is 0.0103 e. The summed E-state index contributed by atoms with van der Waals surface area (Å²) < 4.78 is 0. The molecule has 2 aliphatic rings. The number of fused-ring (bicyclic) bond motifs is 2. The third-order valence-electron chi connectivity index (χ3n) is 3.98. The van der Waals surface area contributed by atoms with E-state index in [4.69, 9.17) is 5.73 Å². The Morgan fingerprint density at radius 3 is 2.00 bits per heavy atom. The fraction of sp³-hybridized carbons (Fsp3) is 1.00. The first kappa shape index (κ1) is 8.55. The quantitative estimate of drug-likeness (QED) is 0.589. The van der Waals surface area contributed by atoms with E-state index in [1.807, 2.05) is 0 Å². The van der Waals surface area contributed by atoms with E-state index in [1.165, 1.54) is 19.3 Å². The molecule has 2 fully saturated rings. The highest BCUT2D eigenvalue weighted by Crippen LogP contribution is 2.53. The lowest BCUT2D eigenvalue weighted by Crippen LogP contribution is -2.42. The fourth-order valence-electron chi connectivity index (χ4n) is 3.62. The molecule has 2 bridgehead atoms. The standard InChI is InChI=1S/C11H21N/c1-11(2,3)9-7-4-5-8(6-7)10(9)12/h7-10H,4-6,12H2,1-3H3/t7-,8+,9+,10+/m1/s1. The molecule has 70 valence electrons. The first-order valence-electron chi connectivity index (χ1n) is 5.26. The molecule has 0 saturated heterocycles. The molecule has 2 N–H and O–H groups in total. The van der Waals surface area contributed by atoms with Crippen LogP contribution in [0.25, 0.3) is 0 Å². The summed E-state index contributed by atoms with van der Waals surface area (Å²) in [5.41, 5.74) is 6.68. The molecule has 1 nitrogen and oxygen atoms in total. The Kier molecular flexibility index (Phi) is 1.76. The van der Waals surface area contributed by atoms with Gasteiger partial charge in [-0.1, -0.05) is 20.8 Å². The van der Waals surface area contributed by atoms with Crippen LogP contribution in [-0.4, -0.2) is 6.04 Å². The summed E-state index contributed by atoms with van der Waals surface area (Å²) in [7, 11) is 0. The molecule has 0 aromatic rings. The molecule has 2 aliphatic carbocycles. The van der Waals surface area contributed by atoms with Gasteiger partial charge in [-0.05, 0) is 42.4 Å². The van der Waals surface area contributed by atoms with Crippen molar-refractivity contribution in [2.45, 2.75) is 46.1 Å². The Bertz CT molecular complexity index is 178. The van der Waals surface area contributed by atoms with E-state index in [-0.39, 0.29) is 0 Å². The van der Waals surface area contributed by atoms with Gasteiger partial charge in [-0.2, -0.15) is 0 Å². The third-order valence-corrected chi connectivity index (χ3v) is 3.98. The highest BCUT2D eigenvalue weighted by molar-refractivity contribution is 5.02. The largest absolute Gasteiger partial charge is 0.327 e. The van der Waals surface area contributed by atoms with Gasteiger partial charge in [-0.3, -0.25) is 0 Å². The minimum Gasteiger partial charge on any atom is -0.327 e. The second-order valence-corrected chi connectivity index (χ2v) is 5.80. The van der Waals surface area contributed by atoms with Crippen molar-refractivity contribution >= 4 is 0 Å². The van der Waals surface area contributed by atoms with Crippen molar-refractivity contribution in [1.82, 2.24) is 0 Å². The van der Waals surface area contributed by atoms with Crippen LogP contribution >= 0.6 is 0 Å². The zero-order chi connectivity index (χ0) is 8.93. The minimum atomic E-state index is 0.430. The molecule has 0 amide bonds. The van der Waals surface area contributed by atoms with Crippen LogP contribution in [0.4, 0.5) is 0 Å². The van der Waals surface area contributed by atoms with E-state index in [2.05, 4.69) is 20.8 Å². The zero-order valence-corrected chi connectivity index (χ0v) is 8.51. The smallest absolute Gasteiger partial charge is 0.0103 e. The van der Waals surface area contributed by atoms with E-state index < -0.39 is 0 Å². The Balaban J connectivity index is 2.17. The molecule has 0 aromatic carbocycles. The molecule has 0 radical (unpaired) electrons. The van der Waals surface area contributed by atoms with Gasteiger partial charge in [-0.15, -0.1) is 0 Å². The number of hydrogen-bond donors (Lipinski definition) is 1. The lowest BCUT2D eigenvalue weighted by molar-refractivity contribution is 0.138. The zero-order valence-electron chi connectivity index (χ0n) is 8.51. The van der Waals surface area contributed by atoms with Crippen LogP contribution in [0.1, 0.15) is 40.0 Å². The summed E-state index contributed by atoms with van der Waals surface area (Å²) in [6.45, 7) is 7.04. The summed E-state index contributed by atoms with van der Waals surface area (Å²) in [4.78, 5) is 0. The number of rotatable bonds is 0. The van der Waals surface area contributed by atoms with E-state index in [0.29, 0.717) is 11.5 Å². The average Bonchev–Trinajstić information content (AvgIpc) is 2.42. The third kappa shape index (κ3) is 1.10. The van der Waals surface area contributed by atoms with Gasteiger partial charge in [0.2, 0.25) is 0 Å². The predicted molar refractivity (Wildman–Crippen MR) is 51.8 cm³/mol. The molecule has 2 rings (SSSR count). The van der Waals surface area contributed by atoms with Crippen LogP contribution < -0.4 is 5.73 Å². The maximum absolute atomic E-state index is 6.25. The van der Waals surface area contributed by atoms with Gasteiger partial charge in [0.25, 0.3) is 0 Å². The van der Waals surface area contributed by atoms with E-state index in [1.54, 1.807) is 0 Å². The van der Waals surface area contributed by atoms with Crippen LogP contribution in [-0.2, 0) is 0 Å². The highest BCUT2D eigenvalue weighted by Gasteiger charge is 2.49. The van der Waals surface area contributed by atoms with Crippen molar-refractivity contribution in [3.05, 3.63) is 0 Å². The second kappa shape index (κ2) is 2.47. The Morgan fingerprint density at radius 1 is 1.08 bits per heavy atom. The van der Waals surface area contributed by atoms with Crippen molar-refractivity contribution in [2.75, 3.05) is 0 Å². The van der Waals surface area contributed by atoms with Crippen LogP contribution in [0.2, 0.25) is 0 Å². The molecule has 4 atom stereocenters. The molecule has 0 aromatic heterocycles. The normalized spacial score (nSPS) is 47.0. The highest BCUT2D eigenvalue weighted by atomic mass is 14.8. The molecular weight excluding hydrogens is 146 g/mol. The Hall–Kier alpha value is -0.0400. The fourth-order valence-corrected chi connectivity index (χ4v) is 3.62. The molecule has 0 unspecified atom stereocenters. The summed E-state index contributed by atoms with van der Waals surface area (Å²) in [5, 5.41) is 0. The summed E-state index contributed by atoms with van der Waals surface area (Å²) in [5.74, 6) is 2.60. The monoisotopic (exact) mass is 167 g/mol. The Morgan fingerprint density at radius 2 is 1.67 bits per heavy atom. The van der Waals surface area contributed by atoms with Gasteiger partial charge in [0, 0.05) is 6.04 Å². The number of nitrogens with two attached hydrogens (primary N) is 1. The van der Waals surface area contributed by atoms with Crippen LogP contribution in [0, 0.1) is 23.2 Å². The average molecular weight is 167 g/mol. The minimum absolute atomic E-state index is 0.430. The lowest BCUT2D eigenvalue weighted by atomic mass is 9.69. The van der Waals surface area contributed by atoms with Gasteiger partial charge >= 0.3 is 0 Å². The number of hydrogen-bond acceptors (Lipinski definition) is 1. The van der Waals surface area contributed by atoms with Gasteiger partial charge < -0.3 is 5.73 Å². The van der Waals surface area contributed by atoms with Crippen molar-refractivity contribution in [3.8, 4) is 0 Å². The molecule has 2 saturated carbocycles. The van der Waals surface area contributed by atoms with Crippen molar-refractivity contribution in [1.29, 1.82) is 0 Å². The lowest BCUT2D eigenvalue weighted by Gasteiger charge is -2.38. The van der Waals surface area contributed by atoms with Crippen molar-refractivity contribution < 1.29 is 0 Å². The Labute approximate surface area is 75.7 Å². The summed E-state index contributed by atoms with van der Waals surface area (Å²) in [6, 6.07) is 0.503. The van der Waals surface area contributed by atoms with E-state index in [9.17, 15) is 0 Å². The maximum atomic E-state index is 6.25. The van der Waals surface area contributed by atoms with Crippen LogP contribution in [0.15, 0.2) is 0 Å². The molecular formula is C11H21N. The first-order valence-corrected chi connectivity index (χ1v) is 5.26. The summed E-state index contributed by atoms with van der Waals surface area (Å²) in [6.07, 6.45) is 4.27. The topological polar surface area (TPSA) is 26.0 Å². The van der Waals surface area contributed by atoms with E-state index in [0.717, 1.165) is 17.8 Å². The van der Waals surface area contributed by atoms with Crippen LogP contribution in [0.5, 0.6) is 0 Å². The van der Waals surface area contributed by atoms with Gasteiger partial charge in [0.05, 0.1) is 0 Å². The van der Waals surface area contributed by atoms with Crippen molar-refractivity contribution in [3.63, 3.8) is 0 Å². The van der Waals surface area contributed by atoms with Crippen LogP contribution in [0.3, 0.4) is 0 Å². The molecule has 1 heteroatoms. The first-order chi connectivity index (χ1) is 5.50. The molecule has 0 aliphatic heterocycles. The van der Waals surface area contributed by atoms with Crippen molar-refractivity contribution in [2.24, 2.45) is 28.9 Å². The predicted octanol–water partition coefficient (Wildman–Crippen LogP) is 2.41. The second-order valence-electron chi connectivity index (χ2n) is 5.80. The van der Waals surface area contributed by atoms with Gasteiger partial charge in [0.1, 0.15) is 0 Å². The molecule has 0 heterocycles. The molecule has 0 spiro atoms. The summed E-state index contributed by atoms with van der Waals surface area (Å²) >= 11 is 0. The van der Waals surface area contributed by atoms with E-state index >= 15 is 0 Å². The van der Waals surface area contributed by atoms with Gasteiger partial charge in [-0.25, -0.2) is 0 Å². The van der Waals surface area contributed by atoms with Gasteiger partial charge in [0.15, 0.2) is 0 Å². The molecule has 12 heavy (non-hydrogen) atoms. The SMILES string of the molecule is CC(C)(C)[C@H]1[C@@H]2CC[C@@H](C2)[C@@H]1N.